The summed E-state index contributed by atoms with van der Waals surface area (Å²) in [5.74, 6) is -0.0598. The van der Waals surface area contributed by atoms with Crippen LogP contribution in [-0.4, -0.2) is 60.5 Å². The number of hydrogen-bond donors (Lipinski definition) is 2. The first-order valence-electron chi connectivity index (χ1n) is 9.27. The highest BCUT2D eigenvalue weighted by molar-refractivity contribution is 5.85. The van der Waals surface area contributed by atoms with E-state index in [0.29, 0.717) is 13.1 Å². The molecule has 140 valence electrons. The van der Waals surface area contributed by atoms with Gasteiger partial charge in [-0.05, 0) is 37.8 Å². The molecule has 6 heteroatoms. The molecule has 0 spiro atoms. The second-order valence-electron chi connectivity index (χ2n) is 7.28. The average Bonchev–Trinajstić information content (AvgIpc) is 2.96. The fraction of sp³-hybridized carbons (Fsp3) is 0.500. The third kappa shape index (κ3) is 3.84. The van der Waals surface area contributed by atoms with Gasteiger partial charge in [0.2, 0.25) is 5.91 Å². The molecule has 1 aliphatic heterocycles. The van der Waals surface area contributed by atoms with Crippen LogP contribution in [0.4, 0.5) is 4.79 Å². The number of hydrogen-bond acceptors (Lipinski definition) is 2. The number of nitrogens with one attached hydrogen (secondary N) is 2. The molecule has 1 atom stereocenters. The molecule has 2 heterocycles. The van der Waals surface area contributed by atoms with Gasteiger partial charge in [0, 0.05) is 50.3 Å². The van der Waals surface area contributed by atoms with Crippen LogP contribution in [0.15, 0.2) is 24.3 Å². The first-order valence-corrected chi connectivity index (χ1v) is 9.27. The molecular weight excluding hydrogens is 328 g/mol. The van der Waals surface area contributed by atoms with Crippen LogP contribution in [0.1, 0.15) is 24.1 Å². The molecule has 1 aromatic heterocycles. The van der Waals surface area contributed by atoms with E-state index in [1.807, 2.05) is 12.1 Å². The van der Waals surface area contributed by atoms with Crippen molar-refractivity contribution in [1.82, 2.24) is 20.1 Å². The van der Waals surface area contributed by atoms with Crippen LogP contribution in [-0.2, 0) is 11.2 Å². The quantitative estimate of drug-likeness (QED) is 0.884. The molecule has 0 saturated carbocycles. The van der Waals surface area contributed by atoms with Crippen LogP contribution in [0.3, 0.4) is 0 Å². The summed E-state index contributed by atoms with van der Waals surface area (Å²) >= 11 is 0. The first-order chi connectivity index (χ1) is 12.5. The number of benzene rings is 1. The second kappa shape index (κ2) is 7.81. The fourth-order valence-electron chi connectivity index (χ4n) is 3.76. The summed E-state index contributed by atoms with van der Waals surface area (Å²) < 4.78 is 0. The van der Waals surface area contributed by atoms with Crippen molar-refractivity contribution in [2.75, 3.05) is 33.7 Å². The van der Waals surface area contributed by atoms with Crippen molar-refractivity contribution >= 4 is 22.8 Å². The van der Waals surface area contributed by atoms with E-state index in [1.165, 1.54) is 10.9 Å². The van der Waals surface area contributed by atoms with Crippen LogP contribution in [0.25, 0.3) is 10.9 Å². The number of nitrogens with zero attached hydrogens (tertiary/aromatic N) is 2. The lowest BCUT2D eigenvalue weighted by atomic mass is 9.97. The number of piperidine rings is 1. The zero-order chi connectivity index (χ0) is 18.7. The molecule has 3 amide bonds. The zero-order valence-electron chi connectivity index (χ0n) is 15.8. The monoisotopic (exact) mass is 356 g/mol. The average molecular weight is 356 g/mol. The standard InChI is InChI=1S/C20H28N4O2/c1-14-16(17-8-4-5-9-18(17)22-14)10-11-21-19(25)15-7-6-12-24(13-15)20(26)23(2)3/h4-5,8-9,15,22H,6-7,10-13H2,1-3H3,(H,21,25). The highest BCUT2D eigenvalue weighted by atomic mass is 16.2. The number of aryl methyl sites for hydroxylation is 1. The number of carbonyl (C=O) groups is 2. The molecule has 1 unspecified atom stereocenters. The minimum Gasteiger partial charge on any atom is -0.358 e. The van der Waals surface area contributed by atoms with E-state index in [4.69, 9.17) is 0 Å². The highest BCUT2D eigenvalue weighted by Crippen LogP contribution is 2.22. The zero-order valence-corrected chi connectivity index (χ0v) is 15.8. The number of aromatic nitrogens is 1. The van der Waals surface area contributed by atoms with Gasteiger partial charge in [0.25, 0.3) is 0 Å². The number of aromatic amines is 1. The third-order valence-electron chi connectivity index (χ3n) is 5.15. The molecular formula is C20H28N4O2. The maximum absolute atomic E-state index is 12.5. The number of H-pyrrole nitrogens is 1. The summed E-state index contributed by atoms with van der Waals surface area (Å²) in [4.78, 5) is 31.4. The number of rotatable bonds is 4. The molecule has 0 aliphatic carbocycles. The van der Waals surface area contributed by atoms with Gasteiger partial charge in [0.05, 0.1) is 5.92 Å². The first kappa shape index (κ1) is 18.3. The van der Waals surface area contributed by atoms with Crippen LogP contribution in [0, 0.1) is 12.8 Å². The Kier molecular flexibility index (Phi) is 5.49. The van der Waals surface area contributed by atoms with Crippen molar-refractivity contribution in [1.29, 1.82) is 0 Å². The summed E-state index contributed by atoms with van der Waals surface area (Å²) in [6.45, 7) is 3.92. The van der Waals surface area contributed by atoms with Gasteiger partial charge >= 0.3 is 6.03 Å². The maximum Gasteiger partial charge on any atom is 0.319 e. The fourth-order valence-corrected chi connectivity index (χ4v) is 3.76. The molecule has 3 rings (SSSR count). The van der Waals surface area contributed by atoms with Gasteiger partial charge in [-0.2, -0.15) is 0 Å². The normalized spacial score (nSPS) is 17.3. The van der Waals surface area contributed by atoms with Gasteiger partial charge in [-0.25, -0.2) is 4.79 Å². The highest BCUT2D eigenvalue weighted by Gasteiger charge is 2.28. The third-order valence-corrected chi connectivity index (χ3v) is 5.15. The van der Waals surface area contributed by atoms with E-state index in [9.17, 15) is 9.59 Å². The summed E-state index contributed by atoms with van der Waals surface area (Å²) in [5, 5.41) is 4.29. The number of likely N-dealkylation sites (tertiary alicyclic amines) is 1. The van der Waals surface area contributed by atoms with Crippen molar-refractivity contribution in [2.24, 2.45) is 5.92 Å². The van der Waals surface area contributed by atoms with Crippen LogP contribution in [0.2, 0.25) is 0 Å². The van der Waals surface area contributed by atoms with Crippen molar-refractivity contribution in [3.8, 4) is 0 Å². The topological polar surface area (TPSA) is 68.4 Å². The van der Waals surface area contributed by atoms with Gasteiger partial charge in [-0.3, -0.25) is 4.79 Å². The number of carbonyl (C=O) groups excluding carboxylic acids is 2. The number of fused-ring (bicyclic) bond motifs is 1. The minimum atomic E-state index is -0.114. The Hall–Kier alpha value is -2.50. The van der Waals surface area contributed by atoms with E-state index >= 15 is 0 Å². The van der Waals surface area contributed by atoms with Crippen molar-refractivity contribution in [2.45, 2.75) is 26.2 Å². The van der Waals surface area contributed by atoms with E-state index in [0.717, 1.165) is 37.0 Å². The van der Waals surface area contributed by atoms with E-state index in [1.54, 1.807) is 23.9 Å². The smallest absolute Gasteiger partial charge is 0.319 e. The lowest BCUT2D eigenvalue weighted by Gasteiger charge is -2.33. The van der Waals surface area contributed by atoms with Crippen molar-refractivity contribution in [3.63, 3.8) is 0 Å². The van der Waals surface area contributed by atoms with Gasteiger partial charge in [-0.1, -0.05) is 18.2 Å². The lowest BCUT2D eigenvalue weighted by molar-refractivity contribution is -0.126. The molecule has 26 heavy (non-hydrogen) atoms. The lowest BCUT2D eigenvalue weighted by Crippen LogP contribution is -2.48. The molecule has 6 nitrogen and oxygen atoms in total. The van der Waals surface area contributed by atoms with Crippen molar-refractivity contribution < 1.29 is 9.59 Å². The SMILES string of the molecule is Cc1[nH]c2ccccc2c1CCNC(=O)C1CCCN(C(=O)N(C)C)C1. The van der Waals surface area contributed by atoms with Gasteiger partial charge in [-0.15, -0.1) is 0 Å². The number of para-hydroxylation sites is 1. The predicted octanol–water partition coefficient (Wildman–Crippen LogP) is 2.53. The Morgan fingerprint density at radius 1 is 1.31 bits per heavy atom. The van der Waals surface area contributed by atoms with Crippen LogP contribution >= 0.6 is 0 Å². The predicted molar refractivity (Wildman–Crippen MR) is 103 cm³/mol. The van der Waals surface area contributed by atoms with E-state index in [-0.39, 0.29) is 17.9 Å². The Morgan fingerprint density at radius 2 is 2.08 bits per heavy atom. The molecule has 1 fully saturated rings. The number of amides is 3. The molecule has 2 N–H and O–H groups in total. The molecule has 0 radical (unpaired) electrons. The maximum atomic E-state index is 12.5. The molecule has 1 aromatic carbocycles. The summed E-state index contributed by atoms with van der Waals surface area (Å²) in [7, 11) is 3.49. The molecule has 2 aromatic rings. The largest absolute Gasteiger partial charge is 0.358 e. The Morgan fingerprint density at radius 3 is 2.85 bits per heavy atom. The Bertz CT molecular complexity index is 796. The molecule has 1 saturated heterocycles. The van der Waals surface area contributed by atoms with Crippen LogP contribution in [0.5, 0.6) is 0 Å². The van der Waals surface area contributed by atoms with Crippen LogP contribution < -0.4 is 5.32 Å². The summed E-state index contributed by atoms with van der Waals surface area (Å²) in [5.41, 5.74) is 3.55. The summed E-state index contributed by atoms with van der Waals surface area (Å²) in [6.07, 6.45) is 2.52. The molecule has 0 bridgehead atoms. The van der Waals surface area contributed by atoms with E-state index < -0.39 is 0 Å². The Balaban J connectivity index is 1.55. The van der Waals surface area contributed by atoms with Gasteiger partial charge < -0.3 is 20.1 Å². The minimum absolute atomic E-state index is 0.0167. The van der Waals surface area contributed by atoms with E-state index in [2.05, 4.69) is 29.4 Å². The van der Waals surface area contributed by atoms with Crippen molar-refractivity contribution in [3.05, 3.63) is 35.5 Å². The number of urea groups is 1. The van der Waals surface area contributed by atoms with Gasteiger partial charge in [0.1, 0.15) is 0 Å². The Labute approximate surface area is 154 Å². The van der Waals surface area contributed by atoms with Gasteiger partial charge in [0.15, 0.2) is 0 Å². The second-order valence-corrected chi connectivity index (χ2v) is 7.28. The molecule has 1 aliphatic rings. The summed E-state index contributed by atoms with van der Waals surface area (Å²) in [6, 6.07) is 8.23.